The Kier molecular flexibility index (Phi) is 6.03. The Hall–Kier alpha value is 0.537. The maximum absolute atomic E-state index is 5.41. The van der Waals surface area contributed by atoms with Crippen LogP contribution in [0.4, 0.5) is 0 Å². The van der Waals surface area contributed by atoms with Gasteiger partial charge in [-0.05, 0) is 11.6 Å². The summed E-state index contributed by atoms with van der Waals surface area (Å²) in [6, 6.07) is 1.01. The first-order valence-electron chi connectivity index (χ1n) is 1.73. The quantitative estimate of drug-likeness (QED) is 0.403. The third kappa shape index (κ3) is 4.54. The van der Waals surface area contributed by atoms with Gasteiger partial charge in [0, 0.05) is 0 Å². The van der Waals surface area contributed by atoms with Crippen LogP contribution in [-0.2, 0) is 0 Å². The highest BCUT2D eigenvalue weighted by Gasteiger charge is 1.70. The second-order valence-corrected chi connectivity index (χ2v) is 3.18. The molecule has 0 unspecified atom stereocenters. The van der Waals surface area contributed by atoms with E-state index in [1.807, 2.05) is 6.08 Å². The summed E-state index contributed by atoms with van der Waals surface area (Å²) in [5.74, 6) is 0. The molecule has 0 heterocycles. The summed E-state index contributed by atoms with van der Waals surface area (Å²) in [4.78, 5) is 0. The smallest absolute Gasteiger partial charge is 0.129 e. The minimum Gasteiger partial charge on any atom is -0.176 e. The van der Waals surface area contributed by atoms with Crippen LogP contribution >= 0.6 is 22.7 Å². The summed E-state index contributed by atoms with van der Waals surface area (Å²) in [7, 11) is -0.296. The van der Waals surface area contributed by atoms with Gasteiger partial charge in [0.2, 0.25) is 0 Å². The molecule has 0 amide bonds. The predicted octanol–water partition coefficient (Wildman–Crippen LogP) is 1.48. The van der Waals surface area contributed by atoms with E-state index < -0.39 is 0 Å². The van der Waals surface area contributed by atoms with E-state index >= 15 is 0 Å². The molecule has 0 aromatic rings. The molecule has 0 aliphatic rings. The molecule has 0 spiro atoms. The Morgan fingerprint density at radius 2 is 2.33 bits per heavy atom. The van der Waals surface area contributed by atoms with Crippen molar-refractivity contribution in [3.8, 4) is 0 Å². The number of hydrogen-bond donors (Lipinski definition) is 0. The largest absolute Gasteiger partial charge is 0.176 e. The predicted molar refractivity (Wildman–Crippen MR) is 34.2 cm³/mol. The molecule has 36 valence electrons. The Balaban J connectivity index is 2.66. The van der Waals surface area contributed by atoms with Crippen LogP contribution in [0.5, 0.6) is 0 Å². The fraction of sp³-hybridized carbons (Fsp3) is 0.333. The minimum atomic E-state index is -0.296. The van der Waals surface area contributed by atoms with Gasteiger partial charge in [-0.1, -0.05) is 17.7 Å². The maximum Gasteiger partial charge on any atom is 0.129 e. The van der Waals surface area contributed by atoms with Gasteiger partial charge in [-0.3, -0.25) is 0 Å². The zero-order chi connectivity index (χ0) is 4.83. The Morgan fingerprint density at radius 3 is 2.50 bits per heavy atom. The molecule has 0 bridgehead atoms. The van der Waals surface area contributed by atoms with Crippen molar-refractivity contribution in [2.45, 2.75) is 6.04 Å². The monoisotopic (exact) mass is 140 g/mol. The minimum absolute atomic E-state index is 0.296. The van der Waals surface area contributed by atoms with E-state index in [-0.39, 0.29) is 8.83 Å². The van der Waals surface area contributed by atoms with Crippen LogP contribution in [0.3, 0.4) is 0 Å². The van der Waals surface area contributed by atoms with Crippen molar-refractivity contribution < 1.29 is 0 Å². The van der Waals surface area contributed by atoms with E-state index in [2.05, 4.69) is 0 Å². The second kappa shape index (κ2) is 5.54. The third-order valence-corrected chi connectivity index (χ3v) is 1.75. The Labute approximate surface area is 49.7 Å². The lowest BCUT2D eigenvalue weighted by Gasteiger charge is -1.71. The topological polar surface area (TPSA) is 0 Å². The van der Waals surface area contributed by atoms with Crippen LogP contribution in [0.1, 0.15) is 0 Å². The van der Waals surface area contributed by atoms with Gasteiger partial charge in [0.05, 0.1) is 0 Å². The zero-order valence-electron chi connectivity index (χ0n) is 3.32. The van der Waals surface area contributed by atoms with Crippen LogP contribution in [-0.4, -0.2) is 8.83 Å². The molecule has 6 heavy (non-hydrogen) atoms. The highest BCUT2D eigenvalue weighted by Crippen LogP contribution is 1.86. The standard InChI is InChI=1S/C3H6Cl2Si/c4-2-1-3-6-5/h1-2H,3,6H2. The zero-order valence-corrected chi connectivity index (χ0v) is 6.25. The summed E-state index contributed by atoms with van der Waals surface area (Å²) < 4.78 is 0. The van der Waals surface area contributed by atoms with E-state index in [0.717, 1.165) is 6.04 Å². The van der Waals surface area contributed by atoms with Gasteiger partial charge in [-0.15, -0.1) is 0 Å². The van der Waals surface area contributed by atoms with Gasteiger partial charge in [0.1, 0.15) is 8.83 Å². The molecule has 0 N–H and O–H groups in total. The summed E-state index contributed by atoms with van der Waals surface area (Å²) in [6.07, 6.45) is 1.88. The van der Waals surface area contributed by atoms with Crippen molar-refractivity contribution in [2.75, 3.05) is 0 Å². The van der Waals surface area contributed by atoms with Crippen LogP contribution in [0.25, 0.3) is 0 Å². The van der Waals surface area contributed by atoms with Gasteiger partial charge in [0.15, 0.2) is 0 Å². The molecule has 0 aliphatic carbocycles. The van der Waals surface area contributed by atoms with Crippen molar-refractivity contribution in [2.24, 2.45) is 0 Å². The first-order valence-corrected chi connectivity index (χ1v) is 5.30. The molecule has 0 rings (SSSR count). The highest BCUT2D eigenvalue weighted by molar-refractivity contribution is 6.93. The molecule has 0 fully saturated rings. The molecule has 0 nitrogen and oxygen atoms in total. The van der Waals surface area contributed by atoms with Crippen LogP contribution in [0, 0.1) is 0 Å². The molecule has 0 aromatic heterocycles. The van der Waals surface area contributed by atoms with E-state index in [9.17, 15) is 0 Å². The van der Waals surface area contributed by atoms with Crippen molar-refractivity contribution in [1.82, 2.24) is 0 Å². The first kappa shape index (κ1) is 6.54. The molecule has 0 aliphatic heterocycles. The van der Waals surface area contributed by atoms with Gasteiger partial charge >= 0.3 is 0 Å². The normalized spacial score (nSPS) is 12.3. The Bertz CT molecular complexity index is 44.1. The average molecular weight is 141 g/mol. The van der Waals surface area contributed by atoms with Crippen LogP contribution < -0.4 is 0 Å². The lowest BCUT2D eigenvalue weighted by atomic mass is 10.8. The fourth-order valence-electron chi connectivity index (χ4n) is 0.126. The molecular weight excluding hydrogens is 135 g/mol. The van der Waals surface area contributed by atoms with Crippen molar-refractivity contribution in [3.05, 3.63) is 11.6 Å². The van der Waals surface area contributed by atoms with E-state index in [4.69, 9.17) is 22.7 Å². The average Bonchev–Trinajstić information content (AvgIpc) is 1.61. The summed E-state index contributed by atoms with van der Waals surface area (Å²) in [5, 5.41) is 0. The molecular formula is C3H6Cl2Si. The van der Waals surface area contributed by atoms with E-state index in [1.165, 1.54) is 5.54 Å². The molecule has 0 saturated carbocycles. The van der Waals surface area contributed by atoms with Gasteiger partial charge in [0.25, 0.3) is 0 Å². The van der Waals surface area contributed by atoms with Crippen LogP contribution in [0.2, 0.25) is 6.04 Å². The van der Waals surface area contributed by atoms with Crippen LogP contribution in [0.15, 0.2) is 11.6 Å². The SMILES string of the molecule is ClC=CC[SiH2]Cl. The first-order chi connectivity index (χ1) is 2.91. The van der Waals surface area contributed by atoms with Gasteiger partial charge in [-0.25, -0.2) is 0 Å². The van der Waals surface area contributed by atoms with Gasteiger partial charge in [-0.2, -0.15) is 11.1 Å². The lowest BCUT2D eigenvalue weighted by Crippen LogP contribution is -1.65. The van der Waals surface area contributed by atoms with E-state index in [1.54, 1.807) is 0 Å². The summed E-state index contributed by atoms with van der Waals surface area (Å²) in [6.45, 7) is 0. The molecule has 3 heteroatoms. The fourth-order valence-corrected chi connectivity index (χ4v) is 1.13. The number of rotatable bonds is 2. The molecule has 0 aromatic carbocycles. The Morgan fingerprint density at radius 1 is 1.67 bits per heavy atom. The molecule has 0 saturated heterocycles. The van der Waals surface area contributed by atoms with Crippen molar-refractivity contribution in [1.29, 1.82) is 0 Å². The van der Waals surface area contributed by atoms with Crippen molar-refractivity contribution >= 4 is 31.5 Å². The van der Waals surface area contributed by atoms with Crippen molar-refractivity contribution in [3.63, 3.8) is 0 Å². The third-order valence-electron chi connectivity index (χ3n) is 0.365. The highest BCUT2D eigenvalue weighted by atomic mass is 35.6. The molecule has 0 radical (unpaired) electrons. The number of allylic oxidation sites excluding steroid dienone is 1. The van der Waals surface area contributed by atoms with E-state index in [0.29, 0.717) is 0 Å². The maximum atomic E-state index is 5.41. The summed E-state index contributed by atoms with van der Waals surface area (Å²) >= 11 is 10.6. The number of hydrogen-bond acceptors (Lipinski definition) is 0. The lowest BCUT2D eigenvalue weighted by molar-refractivity contribution is 1.74. The number of halogens is 2. The summed E-state index contributed by atoms with van der Waals surface area (Å²) in [5.41, 5.74) is 1.51. The van der Waals surface area contributed by atoms with Gasteiger partial charge < -0.3 is 0 Å². The molecule has 0 atom stereocenters. The second-order valence-electron chi connectivity index (χ2n) is 0.839.